The second kappa shape index (κ2) is 7.29. The summed E-state index contributed by atoms with van der Waals surface area (Å²) in [5, 5.41) is 0. The van der Waals surface area contributed by atoms with Gasteiger partial charge in [-0.05, 0) is 92.3 Å². The van der Waals surface area contributed by atoms with Crippen LogP contribution in [-0.4, -0.2) is 36.7 Å². The number of hydrogen-bond donors (Lipinski definition) is 0. The lowest BCUT2D eigenvalue weighted by Crippen LogP contribution is -2.42. The van der Waals surface area contributed by atoms with Crippen LogP contribution in [0.2, 0.25) is 0 Å². The van der Waals surface area contributed by atoms with Crippen molar-refractivity contribution in [3.8, 4) is 0 Å². The van der Waals surface area contributed by atoms with Crippen molar-refractivity contribution in [3.05, 3.63) is 0 Å². The minimum Gasteiger partial charge on any atom is -0.462 e. The zero-order valence-corrected chi connectivity index (χ0v) is 19.7. The number of fused-ring (bicyclic) bond motifs is 9. The molecule has 8 bridgehead atoms. The number of rotatable bonds is 6. The van der Waals surface area contributed by atoms with Gasteiger partial charge < -0.3 is 14.2 Å². The van der Waals surface area contributed by atoms with E-state index in [0.29, 0.717) is 53.1 Å². The van der Waals surface area contributed by atoms with Gasteiger partial charge in [-0.3, -0.25) is 14.4 Å². The lowest BCUT2D eigenvalue weighted by Gasteiger charge is -2.40. The Labute approximate surface area is 195 Å². The fourth-order valence-electron chi connectivity index (χ4n) is 10.2. The predicted molar refractivity (Wildman–Crippen MR) is 116 cm³/mol. The predicted octanol–water partition coefficient (Wildman–Crippen LogP) is 3.61. The first-order valence-corrected chi connectivity index (χ1v) is 13.4. The number of Topliss-reactive ketones (excluding diaryl/α,β-unsaturated/α-hetero) is 1. The van der Waals surface area contributed by atoms with Crippen molar-refractivity contribution in [2.45, 2.75) is 71.0 Å². The Bertz CT molecular complexity index is 882. The Morgan fingerprint density at radius 3 is 2.42 bits per heavy atom. The van der Waals surface area contributed by atoms with Gasteiger partial charge in [-0.1, -0.05) is 13.8 Å². The molecule has 33 heavy (non-hydrogen) atoms. The van der Waals surface area contributed by atoms with Gasteiger partial charge in [0.25, 0.3) is 0 Å². The highest BCUT2D eigenvalue weighted by atomic mass is 16.7. The topological polar surface area (TPSA) is 78.9 Å². The Morgan fingerprint density at radius 1 is 0.879 bits per heavy atom. The van der Waals surface area contributed by atoms with Crippen molar-refractivity contribution in [2.75, 3.05) is 6.79 Å². The van der Waals surface area contributed by atoms with Crippen LogP contribution in [0, 0.1) is 71.0 Å². The standard InChI is InChI=1S/C27H36O6/c1-11(2)26(29)33-21-9-14-8-19(21)23-15-6-13(22(14)23)7-18(15)27(30)32-10-31-25-17-4-12-3-16(17)24(28)20(25)5-12/h11-23,25H,3-10H2,1-2H3. The zero-order chi connectivity index (χ0) is 22.6. The van der Waals surface area contributed by atoms with E-state index in [4.69, 9.17) is 14.2 Å². The minimum atomic E-state index is -0.113. The lowest BCUT2D eigenvalue weighted by atomic mass is 9.67. The van der Waals surface area contributed by atoms with Gasteiger partial charge in [-0.15, -0.1) is 0 Å². The largest absolute Gasteiger partial charge is 0.462 e. The number of carbonyl (C=O) groups is 3. The summed E-state index contributed by atoms with van der Waals surface area (Å²) in [6, 6.07) is 0. The van der Waals surface area contributed by atoms with Crippen molar-refractivity contribution in [1.82, 2.24) is 0 Å². The van der Waals surface area contributed by atoms with Crippen molar-refractivity contribution in [3.63, 3.8) is 0 Å². The van der Waals surface area contributed by atoms with E-state index in [2.05, 4.69) is 0 Å². The van der Waals surface area contributed by atoms with Crippen LogP contribution in [0.3, 0.4) is 0 Å². The maximum absolute atomic E-state index is 13.1. The molecule has 180 valence electrons. The maximum atomic E-state index is 13.1. The quantitative estimate of drug-likeness (QED) is 0.345. The Hall–Kier alpha value is -1.43. The highest BCUT2D eigenvalue weighted by Crippen LogP contribution is 2.69. The van der Waals surface area contributed by atoms with Crippen LogP contribution < -0.4 is 0 Å². The molecule has 8 aliphatic rings. The number of esters is 2. The van der Waals surface area contributed by atoms with Gasteiger partial charge >= 0.3 is 11.9 Å². The summed E-state index contributed by atoms with van der Waals surface area (Å²) < 4.78 is 17.6. The van der Waals surface area contributed by atoms with E-state index >= 15 is 0 Å². The van der Waals surface area contributed by atoms with Gasteiger partial charge in [0, 0.05) is 11.8 Å². The third-order valence-corrected chi connectivity index (χ3v) is 11.1. The van der Waals surface area contributed by atoms with Gasteiger partial charge in [0.1, 0.15) is 11.9 Å². The average molecular weight is 457 g/mol. The highest BCUT2D eigenvalue weighted by molar-refractivity contribution is 5.88. The van der Waals surface area contributed by atoms with Crippen LogP contribution in [-0.2, 0) is 28.6 Å². The molecule has 0 aliphatic heterocycles. The fourth-order valence-corrected chi connectivity index (χ4v) is 10.2. The van der Waals surface area contributed by atoms with E-state index in [0.717, 1.165) is 44.9 Å². The van der Waals surface area contributed by atoms with Crippen LogP contribution in [0.4, 0.5) is 0 Å². The summed E-state index contributed by atoms with van der Waals surface area (Å²) in [5.74, 6) is 4.62. The van der Waals surface area contributed by atoms with Crippen molar-refractivity contribution >= 4 is 17.7 Å². The van der Waals surface area contributed by atoms with Gasteiger partial charge in [0.15, 0.2) is 6.79 Å². The van der Waals surface area contributed by atoms with E-state index in [9.17, 15) is 14.4 Å². The van der Waals surface area contributed by atoms with Crippen molar-refractivity contribution < 1.29 is 28.6 Å². The third kappa shape index (κ3) is 2.91. The molecule has 8 rings (SSSR count). The van der Waals surface area contributed by atoms with E-state index in [1.165, 1.54) is 0 Å². The van der Waals surface area contributed by atoms with E-state index in [-0.39, 0.29) is 54.6 Å². The lowest BCUT2D eigenvalue weighted by molar-refractivity contribution is -0.176. The maximum Gasteiger partial charge on any atom is 0.311 e. The molecular formula is C27H36O6. The van der Waals surface area contributed by atoms with Crippen LogP contribution in [0.25, 0.3) is 0 Å². The molecule has 0 N–H and O–H groups in total. The van der Waals surface area contributed by atoms with Gasteiger partial charge in [0.2, 0.25) is 0 Å². The molecule has 0 aromatic heterocycles. The molecular weight excluding hydrogens is 420 g/mol. The van der Waals surface area contributed by atoms with E-state index in [1.54, 1.807) is 0 Å². The molecule has 0 amide bonds. The summed E-state index contributed by atoms with van der Waals surface area (Å²) in [6.07, 6.45) is 7.35. The van der Waals surface area contributed by atoms with Gasteiger partial charge in [-0.25, -0.2) is 0 Å². The third-order valence-electron chi connectivity index (χ3n) is 11.1. The first-order chi connectivity index (χ1) is 15.9. The van der Waals surface area contributed by atoms with Crippen LogP contribution in [0.15, 0.2) is 0 Å². The van der Waals surface area contributed by atoms with Crippen molar-refractivity contribution in [1.29, 1.82) is 0 Å². The summed E-state index contributed by atoms with van der Waals surface area (Å²) in [6.45, 7) is 3.77. The normalized spacial score (nSPS) is 52.2. The zero-order valence-electron chi connectivity index (χ0n) is 19.7. The van der Waals surface area contributed by atoms with Crippen molar-refractivity contribution in [2.24, 2.45) is 71.0 Å². The number of ether oxygens (including phenoxy) is 3. The molecule has 6 nitrogen and oxygen atoms in total. The van der Waals surface area contributed by atoms with Crippen LogP contribution >= 0.6 is 0 Å². The molecule has 8 saturated carbocycles. The molecule has 8 aliphatic carbocycles. The number of hydrogen-bond acceptors (Lipinski definition) is 6. The highest BCUT2D eigenvalue weighted by Gasteiger charge is 2.66. The summed E-state index contributed by atoms with van der Waals surface area (Å²) in [5.41, 5.74) is 0. The molecule has 0 saturated heterocycles. The monoisotopic (exact) mass is 456 g/mol. The SMILES string of the molecule is CC(C)C(=O)OC1CC2CC1C1C3CC(CC3C(=O)OCOC3C4CC5CC(C4=O)C3C5)C21. The summed E-state index contributed by atoms with van der Waals surface area (Å²) >= 11 is 0. The summed E-state index contributed by atoms with van der Waals surface area (Å²) in [7, 11) is 0. The van der Waals surface area contributed by atoms with Crippen LogP contribution in [0.1, 0.15) is 58.8 Å². The molecule has 0 radical (unpaired) electrons. The van der Waals surface area contributed by atoms with Gasteiger partial charge in [-0.2, -0.15) is 0 Å². The molecule has 8 fully saturated rings. The molecule has 13 unspecified atom stereocenters. The minimum absolute atomic E-state index is 0.0101. The number of ketones is 1. The number of carbonyl (C=O) groups excluding carboxylic acids is 3. The first kappa shape index (κ1) is 20.9. The molecule has 0 heterocycles. The van der Waals surface area contributed by atoms with Crippen LogP contribution in [0.5, 0.6) is 0 Å². The van der Waals surface area contributed by atoms with Gasteiger partial charge in [0.05, 0.1) is 17.9 Å². The molecule has 0 aromatic carbocycles. The first-order valence-electron chi connectivity index (χ1n) is 13.4. The molecule has 13 atom stereocenters. The van der Waals surface area contributed by atoms with E-state index in [1.807, 2.05) is 13.8 Å². The second-order valence-corrected chi connectivity index (χ2v) is 12.7. The smallest absolute Gasteiger partial charge is 0.311 e. The fraction of sp³-hybridized carbons (Fsp3) is 0.889. The summed E-state index contributed by atoms with van der Waals surface area (Å²) in [4.78, 5) is 37.8. The van der Waals surface area contributed by atoms with E-state index < -0.39 is 0 Å². The molecule has 0 spiro atoms. The average Bonchev–Trinajstić information content (AvgIpc) is 3.60. The molecule has 6 heteroatoms. The Kier molecular flexibility index (Phi) is 4.61. The Morgan fingerprint density at radius 2 is 1.64 bits per heavy atom. The second-order valence-electron chi connectivity index (χ2n) is 12.7. The molecule has 0 aromatic rings. The Balaban J connectivity index is 0.967.